The van der Waals surface area contributed by atoms with Crippen LogP contribution in [0.5, 0.6) is 0 Å². The van der Waals surface area contributed by atoms with Gasteiger partial charge in [-0.25, -0.2) is 0 Å². The van der Waals surface area contributed by atoms with E-state index in [1.54, 1.807) is 4.90 Å². The lowest BCUT2D eigenvalue weighted by atomic mass is 10.4. The summed E-state index contributed by atoms with van der Waals surface area (Å²) in [6, 6.07) is 0. The van der Waals surface area contributed by atoms with Gasteiger partial charge in [0.2, 0.25) is 23.8 Å². The van der Waals surface area contributed by atoms with Gasteiger partial charge in [0.15, 0.2) is 0 Å². The number of carbonyl (C=O) groups is 1. The number of nitrogens with one attached hydrogen (secondary N) is 1. The summed E-state index contributed by atoms with van der Waals surface area (Å²) < 4.78 is 0. The molecule has 0 spiro atoms. The van der Waals surface area contributed by atoms with Crippen molar-refractivity contribution in [3.8, 4) is 0 Å². The third-order valence-electron chi connectivity index (χ3n) is 2.90. The first-order valence-corrected chi connectivity index (χ1v) is 6.27. The van der Waals surface area contributed by atoms with Crippen molar-refractivity contribution in [2.75, 3.05) is 49.7 Å². The standard InChI is InChI=1S/C11H19N7O/c1-17(2)11-15-9(12)14-10(16-11)13-7-8(19)18-5-3-4-6-18/h3-7H2,1-2H3,(H3,12,13,14,15,16). The van der Waals surface area contributed by atoms with Crippen LogP contribution in [0.4, 0.5) is 17.8 Å². The quantitative estimate of drug-likeness (QED) is 0.760. The van der Waals surface area contributed by atoms with Crippen molar-refractivity contribution in [2.45, 2.75) is 12.8 Å². The Bertz CT molecular complexity index is 456. The van der Waals surface area contributed by atoms with Crippen molar-refractivity contribution in [2.24, 2.45) is 0 Å². The minimum absolute atomic E-state index is 0.0582. The summed E-state index contributed by atoms with van der Waals surface area (Å²) in [6.45, 7) is 1.85. The molecular weight excluding hydrogens is 246 g/mol. The zero-order valence-electron chi connectivity index (χ0n) is 11.3. The topological polar surface area (TPSA) is 100 Å². The van der Waals surface area contributed by atoms with E-state index >= 15 is 0 Å². The molecule has 0 aliphatic carbocycles. The minimum Gasteiger partial charge on any atom is -0.368 e. The molecule has 1 aliphatic heterocycles. The van der Waals surface area contributed by atoms with Gasteiger partial charge in [-0.3, -0.25) is 4.79 Å². The molecule has 3 N–H and O–H groups in total. The third kappa shape index (κ3) is 3.43. The molecule has 1 amide bonds. The molecule has 2 rings (SSSR count). The fraction of sp³-hybridized carbons (Fsp3) is 0.636. The molecule has 1 saturated heterocycles. The number of nitrogens with two attached hydrogens (primary N) is 1. The van der Waals surface area contributed by atoms with Gasteiger partial charge in [-0.1, -0.05) is 0 Å². The molecule has 0 atom stereocenters. The Labute approximate surface area is 112 Å². The molecule has 0 radical (unpaired) electrons. The number of anilines is 3. The Balaban J connectivity index is 1.97. The fourth-order valence-corrected chi connectivity index (χ4v) is 1.89. The molecule has 0 bridgehead atoms. The van der Waals surface area contributed by atoms with Crippen LogP contribution < -0.4 is 16.0 Å². The molecule has 1 aliphatic rings. The Morgan fingerprint density at radius 2 is 2.00 bits per heavy atom. The van der Waals surface area contributed by atoms with Gasteiger partial charge in [0.1, 0.15) is 0 Å². The normalized spacial score (nSPS) is 14.5. The van der Waals surface area contributed by atoms with E-state index in [9.17, 15) is 4.79 Å². The lowest BCUT2D eigenvalue weighted by Gasteiger charge is -2.16. The number of nitrogens with zero attached hydrogens (tertiary/aromatic N) is 5. The van der Waals surface area contributed by atoms with Gasteiger partial charge in [-0.15, -0.1) is 0 Å². The summed E-state index contributed by atoms with van der Waals surface area (Å²) in [5.74, 6) is 0.977. The number of aromatic nitrogens is 3. The molecule has 1 aromatic heterocycles. The van der Waals surface area contributed by atoms with E-state index in [-0.39, 0.29) is 18.4 Å². The zero-order valence-corrected chi connectivity index (χ0v) is 11.3. The van der Waals surface area contributed by atoms with Gasteiger partial charge in [0.05, 0.1) is 6.54 Å². The van der Waals surface area contributed by atoms with E-state index in [1.165, 1.54) is 0 Å². The predicted molar refractivity (Wildman–Crippen MR) is 72.9 cm³/mol. The van der Waals surface area contributed by atoms with Crippen molar-refractivity contribution < 1.29 is 4.79 Å². The summed E-state index contributed by atoms with van der Waals surface area (Å²) in [4.78, 5) is 27.6. The maximum atomic E-state index is 11.9. The van der Waals surface area contributed by atoms with Crippen LogP contribution in [0.3, 0.4) is 0 Å². The lowest BCUT2D eigenvalue weighted by Crippen LogP contribution is -2.33. The Morgan fingerprint density at radius 3 is 2.63 bits per heavy atom. The van der Waals surface area contributed by atoms with E-state index in [4.69, 9.17) is 5.73 Å². The summed E-state index contributed by atoms with van der Waals surface area (Å²) in [7, 11) is 3.63. The largest absolute Gasteiger partial charge is 0.368 e. The van der Waals surface area contributed by atoms with Crippen LogP contribution in [-0.2, 0) is 4.79 Å². The van der Waals surface area contributed by atoms with Crippen LogP contribution >= 0.6 is 0 Å². The molecule has 2 heterocycles. The number of nitrogen functional groups attached to an aromatic ring is 1. The maximum Gasteiger partial charge on any atom is 0.241 e. The van der Waals surface area contributed by atoms with Gasteiger partial charge >= 0.3 is 0 Å². The van der Waals surface area contributed by atoms with E-state index in [1.807, 2.05) is 19.0 Å². The van der Waals surface area contributed by atoms with E-state index in [2.05, 4.69) is 20.3 Å². The molecule has 0 saturated carbocycles. The number of amides is 1. The number of hydrogen-bond acceptors (Lipinski definition) is 7. The predicted octanol–water partition coefficient (Wildman–Crippen LogP) is -0.446. The van der Waals surface area contributed by atoms with Crippen LogP contribution in [0.15, 0.2) is 0 Å². The zero-order chi connectivity index (χ0) is 13.8. The van der Waals surface area contributed by atoms with Crippen LogP contribution in [0.2, 0.25) is 0 Å². The molecule has 104 valence electrons. The monoisotopic (exact) mass is 265 g/mol. The molecule has 8 heteroatoms. The van der Waals surface area contributed by atoms with Gasteiger partial charge in [0.25, 0.3) is 0 Å². The first kappa shape index (κ1) is 13.3. The number of rotatable bonds is 4. The number of hydrogen-bond donors (Lipinski definition) is 2. The summed E-state index contributed by atoms with van der Waals surface area (Å²) in [6.07, 6.45) is 2.16. The molecule has 8 nitrogen and oxygen atoms in total. The first-order valence-electron chi connectivity index (χ1n) is 6.27. The fourth-order valence-electron chi connectivity index (χ4n) is 1.89. The molecule has 0 aromatic carbocycles. The van der Waals surface area contributed by atoms with Crippen molar-refractivity contribution in [3.63, 3.8) is 0 Å². The average molecular weight is 265 g/mol. The highest BCUT2D eigenvalue weighted by Gasteiger charge is 2.17. The van der Waals surface area contributed by atoms with Crippen molar-refractivity contribution in [3.05, 3.63) is 0 Å². The Hall–Kier alpha value is -2.12. The van der Waals surface area contributed by atoms with Crippen molar-refractivity contribution in [1.29, 1.82) is 0 Å². The highest BCUT2D eigenvalue weighted by atomic mass is 16.2. The molecule has 1 fully saturated rings. The number of carbonyl (C=O) groups excluding carboxylic acids is 1. The second-order valence-electron chi connectivity index (χ2n) is 4.65. The van der Waals surface area contributed by atoms with Crippen molar-refractivity contribution in [1.82, 2.24) is 19.9 Å². The van der Waals surface area contributed by atoms with Gasteiger partial charge in [-0.2, -0.15) is 15.0 Å². The SMILES string of the molecule is CN(C)c1nc(N)nc(NCC(=O)N2CCCC2)n1. The van der Waals surface area contributed by atoms with Gasteiger partial charge < -0.3 is 20.9 Å². The smallest absolute Gasteiger partial charge is 0.241 e. The molecule has 0 unspecified atom stereocenters. The lowest BCUT2D eigenvalue weighted by molar-refractivity contribution is -0.128. The second kappa shape index (κ2) is 5.68. The van der Waals surface area contributed by atoms with E-state index in [0.29, 0.717) is 11.9 Å². The van der Waals surface area contributed by atoms with Crippen molar-refractivity contribution >= 4 is 23.8 Å². The van der Waals surface area contributed by atoms with Crippen LogP contribution in [-0.4, -0.2) is 59.5 Å². The Morgan fingerprint density at radius 1 is 1.32 bits per heavy atom. The highest BCUT2D eigenvalue weighted by molar-refractivity contribution is 5.80. The summed E-state index contributed by atoms with van der Waals surface area (Å²) in [5, 5.41) is 2.90. The summed E-state index contributed by atoms with van der Waals surface area (Å²) >= 11 is 0. The highest BCUT2D eigenvalue weighted by Crippen LogP contribution is 2.10. The summed E-state index contributed by atoms with van der Waals surface area (Å²) in [5.41, 5.74) is 5.60. The molecule has 19 heavy (non-hydrogen) atoms. The van der Waals surface area contributed by atoms with Crippen LogP contribution in [0, 0.1) is 0 Å². The third-order valence-corrected chi connectivity index (χ3v) is 2.90. The number of likely N-dealkylation sites (tertiary alicyclic amines) is 1. The minimum atomic E-state index is 0.0582. The second-order valence-corrected chi connectivity index (χ2v) is 4.65. The van der Waals surface area contributed by atoms with Crippen LogP contribution in [0.1, 0.15) is 12.8 Å². The maximum absolute atomic E-state index is 11.9. The van der Waals surface area contributed by atoms with Gasteiger partial charge in [0, 0.05) is 27.2 Å². The van der Waals surface area contributed by atoms with E-state index in [0.717, 1.165) is 25.9 Å². The van der Waals surface area contributed by atoms with Gasteiger partial charge in [-0.05, 0) is 12.8 Å². The average Bonchev–Trinajstić information content (AvgIpc) is 2.89. The molecule has 1 aromatic rings. The first-order chi connectivity index (χ1) is 9.06. The molecular formula is C11H19N7O. The van der Waals surface area contributed by atoms with E-state index < -0.39 is 0 Å². The van der Waals surface area contributed by atoms with Crippen LogP contribution in [0.25, 0.3) is 0 Å². The Kier molecular flexibility index (Phi) is 3.98.